The summed E-state index contributed by atoms with van der Waals surface area (Å²) in [6, 6.07) is 7.39. The Labute approximate surface area is 240 Å². The van der Waals surface area contributed by atoms with Crippen LogP contribution in [0.1, 0.15) is 116 Å². The normalized spacial score (nSPS) is 15.5. The molecule has 4 amide bonds. The molecule has 2 unspecified atom stereocenters. The van der Waals surface area contributed by atoms with E-state index in [9.17, 15) is 19.2 Å². The SMILES string of the molecule is CCCCCCCN(C(=O)C(CCC(N)=O)NC(=O)OC(C)(C)C)C(C(=O)NC1CCCCC1)c1ccccc1. The highest BCUT2D eigenvalue weighted by molar-refractivity contribution is 5.92. The van der Waals surface area contributed by atoms with Crippen molar-refractivity contribution in [3.8, 4) is 0 Å². The maximum atomic E-state index is 14.2. The van der Waals surface area contributed by atoms with Crippen LogP contribution in [0.25, 0.3) is 0 Å². The van der Waals surface area contributed by atoms with Gasteiger partial charge in [-0.15, -0.1) is 0 Å². The molecule has 0 spiro atoms. The van der Waals surface area contributed by atoms with Crippen molar-refractivity contribution in [2.75, 3.05) is 6.54 Å². The molecule has 1 aliphatic carbocycles. The number of nitrogens with two attached hydrogens (primary N) is 1. The Morgan fingerprint density at radius 2 is 1.65 bits per heavy atom. The van der Waals surface area contributed by atoms with Crippen LogP contribution < -0.4 is 16.4 Å². The molecule has 9 heteroatoms. The third kappa shape index (κ3) is 12.0. The summed E-state index contributed by atoms with van der Waals surface area (Å²) >= 11 is 0. The average Bonchev–Trinajstić information content (AvgIpc) is 2.89. The first-order valence-electron chi connectivity index (χ1n) is 15.0. The first-order chi connectivity index (χ1) is 19.0. The fourth-order valence-electron chi connectivity index (χ4n) is 5.08. The van der Waals surface area contributed by atoms with Gasteiger partial charge in [0.1, 0.15) is 17.7 Å². The minimum absolute atomic E-state index is 0.00545. The van der Waals surface area contributed by atoms with Gasteiger partial charge in [0, 0.05) is 19.0 Å². The van der Waals surface area contributed by atoms with Crippen molar-refractivity contribution in [1.82, 2.24) is 15.5 Å². The van der Waals surface area contributed by atoms with E-state index in [4.69, 9.17) is 10.5 Å². The number of unbranched alkanes of at least 4 members (excludes halogenated alkanes) is 4. The number of ether oxygens (including phenoxy) is 1. The molecular weight excluding hydrogens is 508 g/mol. The lowest BCUT2D eigenvalue weighted by Crippen LogP contribution is -2.54. The standard InChI is InChI=1S/C31H50N4O5/c1-5-6-7-8-15-22-35(29(38)25(20-21-26(32)36)34-30(39)40-31(2,3)4)27(23-16-11-9-12-17-23)28(37)33-24-18-13-10-14-19-24/h9,11-12,16-17,24-25,27H,5-8,10,13-15,18-22H2,1-4H3,(H2,32,36)(H,33,37)(H,34,39). The van der Waals surface area contributed by atoms with E-state index in [1.807, 2.05) is 30.3 Å². The van der Waals surface area contributed by atoms with E-state index >= 15 is 0 Å². The van der Waals surface area contributed by atoms with Crippen molar-refractivity contribution in [1.29, 1.82) is 0 Å². The van der Waals surface area contributed by atoms with Crippen LogP contribution in [0.5, 0.6) is 0 Å². The van der Waals surface area contributed by atoms with E-state index in [2.05, 4.69) is 17.6 Å². The predicted octanol–water partition coefficient (Wildman–Crippen LogP) is 5.13. The molecule has 40 heavy (non-hydrogen) atoms. The second-order valence-electron chi connectivity index (χ2n) is 11.8. The summed E-state index contributed by atoms with van der Waals surface area (Å²) in [5, 5.41) is 5.86. The van der Waals surface area contributed by atoms with Crippen molar-refractivity contribution in [2.24, 2.45) is 5.73 Å². The Morgan fingerprint density at radius 3 is 2.25 bits per heavy atom. The maximum absolute atomic E-state index is 14.2. The summed E-state index contributed by atoms with van der Waals surface area (Å²) in [6.07, 6.45) is 9.11. The number of carbonyl (C=O) groups is 4. The number of nitrogens with one attached hydrogen (secondary N) is 2. The van der Waals surface area contributed by atoms with Crippen molar-refractivity contribution < 1.29 is 23.9 Å². The Hall–Kier alpha value is -3.10. The fraction of sp³-hybridized carbons (Fsp3) is 0.677. The molecule has 0 bridgehead atoms. The van der Waals surface area contributed by atoms with Gasteiger partial charge < -0.3 is 26.0 Å². The Balaban J connectivity index is 2.41. The molecule has 1 aromatic rings. The zero-order chi connectivity index (χ0) is 29.5. The maximum Gasteiger partial charge on any atom is 0.408 e. The second-order valence-corrected chi connectivity index (χ2v) is 11.8. The third-order valence-corrected chi connectivity index (χ3v) is 7.08. The number of carbonyl (C=O) groups excluding carboxylic acids is 4. The number of amides is 4. The molecule has 0 aromatic heterocycles. The number of primary amides is 1. The molecule has 1 saturated carbocycles. The number of benzene rings is 1. The van der Waals surface area contributed by atoms with Gasteiger partial charge in [0.15, 0.2) is 0 Å². The lowest BCUT2D eigenvalue weighted by molar-refractivity contribution is -0.143. The first kappa shape index (κ1) is 33.1. The van der Waals surface area contributed by atoms with Gasteiger partial charge in [-0.1, -0.05) is 82.2 Å². The quantitative estimate of drug-likeness (QED) is 0.257. The van der Waals surface area contributed by atoms with Crippen LogP contribution in [0.4, 0.5) is 4.79 Å². The number of hydrogen-bond acceptors (Lipinski definition) is 5. The van der Waals surface area contributed by atoms with Gasteiger partial charge >= 0.3 is 6.09 Å². The molecular formula is C31H50N4O5. The molecule has 1 aliphatic rings. The zero-order valence-electron chi connectivity index (χ0n) is 24.9. The highest BCUT2D eigenvalue weighted by Gasteiger charge is 2.36. The molecule has 2 atom stereocenters. The largest absolute Gasteiger partial charge is 0.444 e. The van der Waals surface area contributed by atoms with Crippen LogP contribution >= 0.6 is 0 Å². The lowest BCUT2D eigenvalue weighted by atomic mass is 9.94. The highest BCUT2D eigenvalue weighted by Crippen LogP contribution is 2.26. The Bertz CT molecular complexity index is 941. The number of alkyl carbamates (subject to hydrolysis) is 1. The molecule has 2 rings (SSSR count). The molecule has 4 N–H and O–H groups in total. The Morgan fingerprint density at radius 1 is 1.00 bits per heavy atom. The van der Waals surface area contributed by atoms with Crippen LogP contribution in [0.15, 0.2) is 30.3 Å². The summed E-state index contributed by atoms with van der Waals surface area (Å²) in [4.78, 5) is 54.1. The predicted molar refractivity (Wildman–Crippen MR) is 156 cm³/mol. The topological polar surface area (TPSA) is 131 Å². The van der Waals surface area contributed by atoms with Gasteiger partial charge in [0.2, 0.25) is 17.7 Å². The van der Waals surface area contributed by atoms with Gasteiger partial charge in [-0.25, -0.2) is 4.79 Å². The van der Waals surface area contributed by atoms with Crippen LogP contribution in [0.3, 0.4) is 0 Å². The molecule has 1 aromatic carbocycles. The highest BCUT2D eigenvalue weighted by atomic mass is 16.6. The number of rotatable bonds is 15. The summed E-state index contributed by atoms with van der Waals surface area (Å²) in [6.45, 7) is 7.68. The van der Waals surface area contributed by atoms with E-state index in [-0.39, 0.29) is 24.8 Å². The van der Waals surface area contributed by atoms with Gasteiger partial charge in [-0.05, 0) is 52.0 Å². The van der Waals surface area contributed by atoms with Crippen molar-refractivity contribution in [3.05, 3.63) is 35.9 Å². The van der Waals surface area contributed by atoms with E-state index in [0.29, 0.717) is 18.5 Å². The summed E-state index contributed by atoms with van der Waals surface area (Å²) in [5.74, 6) is -1.24. The minimum Gasteiger partial charge on any atom is -0.444 e. The smallest absolute Gasteiger partial charge is 0.408 e. The molecule has 224 valence electrons. The average molecular weight is 559 g/mol. The van der Waals surface area contributed by atoms with Gasteiger partial charge in [-0.2, -0.15) is 0 Å². The molecule has 0 saturated heterocycles. The minimum atomic E-state index is -1.08. The monoisotopic (exact) mass is 558 g/mol. The molecule has 0 radical (unpaired) electrons. The summed E-state index contributed by atoms with van der Waals surface area (Å²) in [5.41, 5.74) is 5.33. The van der Waals surface area contributed by atoms with Gasteiger partial charge in [0.05, 0.1) is 0 Å². The van der Waals surface area contributed by atoms with E-state index in [1.54, 1.807) is 25.7 Å². The van der Waals surface area contributed by atoms with Crippen LogP contribution in [0.2, 0.25) is 0 Å². The van der Waals surface area contributed by atoms with E-state index in [1.165, 1.54) is 0 Å². The van der Waals surface area contributed by atoms with Crippen molar-refractivity contribution >= 4 is 23.8 Å². The summed E-state index contributed by atoms with van der Waals surface area (Å²) < 4.78 is 5.41. The van der Waals surface area contributed by atoms with E-state index in [0.717, 1.165) is 57.8 Å². The van der Waals surface area contributed by atoms with Crippen molar-refractivity contribution in [3.63, 3.8) is 0 Å². The lowest BCUT2D eigenvalue weighted by Gasteiger charge is -2.36. The van der Waals surface area contributed by atoms with Gasteiger partial charge in [0.25, 0.3) is 0 Å². The van der Waals surface area contributed by atoms with Crippen LogP contribution in [0, 0.1) is 0 Å². The zero-order valence-corrected chi connectivity index (χ0v) is 24.9. The summed E-state index contributed by atoms with van der Waals surface area (Å²) in [7, 11) is 0. The number of hydrogen-bond donors (Lipinski definition) is 3. The van der Waals surface area contributed by atoms with E-state index < -0.39 is 35.6 Å². The first-order valence-corrected chi connectivity index (χ1v) is 15.0. The molecule has 0 aliphatic heterocycles. The molecule has 9 nitrogen and oxygen atoms in total. The van der Waals surface area contributed by atoms with Gasteiger partial charge in [-0.3, -0.25) is 14.4 Å². The van der Waals surface area contributed by atoms with Crippen LogP contribution in [-0.2, 0) is 19.1 Å². The fourth-order valence-corrected chi connectivity index (χ4v) is 5.08. The van der Waals surface area contributed by atoms with Crippen LogP contribution in [-0.4, -0.2) is 52.9 Å². The molecule has 0 heterocycles. The van der Waals surface area contributed by atoms with Crippen molar-refractivity contribution in [2.45, 2.75) is 128 Å². The third-order valence-electron chi connectivity index (χ3n) is 7.08. The molecule has 1 fully saturated rings. The second kappa shape index (κ2) is 16.9. The number of nitrogens with zero attached hydrogens (tertiary/aromatic N) is 1. The Kier molecular flexibility index (Phi) is 14.0.